The molecule has 0 bridgehead atoms. The molecule has 1 N–H and O–H groups in total. The summed E-state index contributed by atoms with van der Waals surface area (Å²) in [5.74, 6) is 0.0178. The maximum Gasteiger partial charge on any atom is 0.269 e. The highest BCUT2D eigenvalue weighted by atomic mass is 16.6. The van der Waals surface area contributed by atoms with Crippen molar-refractivity contribution in [1.29, 1.82) is 0 Å². The molecule has 0 fully saturated rings. The Morgan fingerprint density at radius 3 is 2.62 bits per heavy atom. The number of carbonyl (C=O) groups is 1. The van der Waals surface area contributed by atoms with Crippen molar-refractivity contribution in [2.75, 3.05) is 6.54 Å². The Kier molecular flexibility index (Phi) is 4.78. The number of aromatic nitrogens is 5. The van der Waals surface area contributed by atoms with Gasteiger partial charge >= 0.3 is 0 Å². The van der Waals surface area contributed by atoms with Crippen LogP contribution in [0.15, 0.2) is 53.8 Å². The van der Waals surface area contributed by atoms with E-state index in [1.54, 1.807) is 0 Å². The van der Waals surface area contributed by atoms with Crippen molar-refractivity contribution in [3.05, 3.63) is 75.1 Å². The van der Waals surface area contributed by atoms with Gasteiger partial charge in [0.1, 0.15) is 12.7 Å². The number of rotatable bonds is 6. The van der Waals surface area contributed by atoms with Crippen LogP contribution in [-0.4, -0.2) is 41.9 Å². The van der Waals surface area contributed by atoms with Crippen LogP contribution in [0.5, 0.6) is 0 Å². The molecule has 0 saturated heterocycles. The molecule has 3 rings (SSSR count). The van der Waals surface area contributed by atoms with E-state index >= 15 is 0 Å². The van der Waals surface area contributed by atoms with Crippen LogP contribution in [0.25, 0.3) is 5.82 Å². The molecule has 0 aliphatic rings. The molecule has 3 aromatic rings. The first kappa shape index (κ1) is 17.0. The Morgan fingerprint density at radius 1 is 1.19 bits per heavy atom. The van der Waals surface area contributed by atoms with Crippen molar-refractivity contribution in [3.8, 4) is 5.82 Å². The van der Waals surface area contributed by atoms with Gasteiger partial charge in [-0.3, -0.25) is 19.7 Å². The van der Waals surface area contributed by atoms with Crippen LogP contribution in [-0.2, 0) is 6.54 Å². The smallest absolute Gasteiger partial charge is 0.269 e. The SMILES string of the molecule is O=C(NCCn1nc(-n2cncn2)ccc1=O)c1ccc([N+](=O)[O-])cc1. The number of amides is 1. The van der Waals surface area contributed by atoms with Gasteiger partial charge in [-0.1, -0.05) is 0 Å². The summed E-state index contributed by atoms with van der Waals surface area (Å²) in [6.07, 6.45) is 2.80. The highest BCUT2D eigenvalue weighted by molar-refractivity contribution is 5.94. The minimum Gasteiger partial charge on any atom is -0.350 e. The van der Waals surface area contributed by atoms with E-state index in [0.717, 1.165) is 0 Å². The number of nitrogens with zero attached hydrogens (tertiary/aromatic N) is 6. The van der Waals surface area contributed by atoms with E-state index in [2.05, 4.69) is 20.5 Å². The van der Waals surface area contributed by atoms with E-state index in [1.807, 2.05) is 0 Å². The Balaban J connectivity index is 1.62. The highest BCUT2D eigenvalue weighted by Crippen LogP contribution is 2.11. The van der Waals surface area contributed by atoms with Gasteiger partial charge < -0.3 is 5.32 Å². The summed E-state index contributed by atoms with van der Waals surface area (Å²) in [4.78, 5) is 37.8. The normalized spacial score (nSPS) is 10.5. The molecule has 2 heterocycles. The fourth-order valence-electron chi connectivity index (χ4n) is 2.16. The predicted molar refractivity (Wildman–Crippen MR) is 88.8 cm³/mol. The quantitative estimate of drug-likeness (QED) is 0.491. The minimum absolute atomic E-state index is 0.0952. The van der Waals surface area contributed by atoms with E-state index in [9.17, 15) is 19.7 Å². The zero-order valence-corrected chi connectivity index (χ0v) is 13.3. The van der Waals surface area contributed by atoms with Crippen molar-refractivity contribution in [3.63, 3.8) is 0 Å². The number of hydrogen-bond donors (Lipinski definition) is 1. The van der Waals surface area contributed by atoms with Gasteiger partial charge in [-0.05, 0) is 18.2 Å². The topological polar surface area (TPSA) is 138 Å². The van der Waals surface area contributed by atoms with Gasteiger partial charge in [0.05, 0.1) is 11.5 Å². The van der Waals surface area contributed by atoms with Gasteiger partial charge in [0, 0.05) is 30.3 Å². The van der Waals surface area contributed by atoms with Gasteiger partial charge in [-0.15, -0.1) is 5.10 Å². The number of carbonyl (C=O) groups excluding carboxylic acids is 1. The summed E-state index contributed by atoms with van der Waals surface area (Å²) in [5.41, 5.74) is -0.132. The van der Waals surface area contributed by atoms with Gasteiger partial charge in [0.15, 0.2) is 5.82 Å². The van der Waals surface area contributed by atoms with Crippen molar-refractivity contribution >= 4 is 11.6 Å². The van der Waals surface area contributed by atoms with Gasteiger partial charge in [-0.25, -0.2) is 14.3 Å². The number of non-ortho nitro benzene ring substituents is 1. The molecule has 1 aromatic carbocycles. The number of benzene rings is 1. The molecule has 0 aliphatic heterocycles. The lowest BCUT2D eigenvalue weighted by Crippen LogP contribution is -2.32. The first-order valence-electron chi connectivity index (χ1n) is 7.50. The lowest BCUT2D eigenvalue weighted by atomic mass is 10.2. The zero-order valence-electron chi connectivity index (χ0n) is 13.3. The van der Waals surface area contributed by atoms with Crippen LogP contribution < -0.4 is 10.9 Å². The second-order valence-corrected chi connectivity index (χ2v) is 5.15. The molecule has 0 spiro atoms. The standard InChI is InChI=1S/C15H13N7O4/c23-14-6-5-13(21-10-16-9-18-21)19-20(14)8-7-17-15(24)11-1-3-12(4-2-11)22(25)26/h1-6,9-10H,7-8H2,(H,17,24). The second-order valence-electron chi connectivity index (χ2n) is 5.15. The number of nitro benzene ring substituents is 1. The fourth-order valence-corrected chi connectivity index (χ4v) is 2.16. The maximum atomic E-state index is 12.0. The summed E-state index contributed by atoms with van der Waals surface area (Å²) in [6, 6.07) is 8.10. The molecule has 1 amide bonds. The number of hydrogen-bond acceptors (Lipinski definition) is 7. The van der Waals surface area contributed by atoms with Crippen LogP contribution in [0.4, 0.5) is 5.69 Å². The zero-order chi connectivity index (χ0) is 18.5. The molecule has 11 heteroatoms. The lowest BCUT2D eigenvalue weighted by molar-refractivity contribution is -0.384. The van der Waals surface area contributed by atoms with Gasteiger partial charge in [-0.2, -0.15) is 5.10 Å². The van der Waals surface area contributed by atoms with E-state index in [0.29, 0.717) is 5.82 Å². The van der Waals surface area contributed by atoms with Crippen LogP contribution in [0.1, 0.15) is 10.4 Å². The van der Waals surface area contributed by atoms with Crippen LogP contribution in [0, 0.1) is 10.1 Å². The van der Waals surface area contributed by atoms with Crippen LogP contribution in [0.2, 0.25) is 0 Å². The van der Waals surface area contributed by atoms with E-state index in [1.165, 1.54) is 58.4 Å². The third-order valence-corrected chi connectivity index (χ3v) is 3.46. The molecule has 0 radical (unpaired) electrons. The largest absolute Gasteiger partial charge is 0.350 e. The molecule has 0 unspecified atom stereocenters. The minimum atomic E-state index is -0.540. The molecule has 0 aliphatic carbocycles. The molecule has 132 valence electrons. The molecule has 11 nitrogen and oxygen atoms in total. The summed E-state index contributed by atoms with van der Waals surface area (Å²) < 4.78 is 2.61. The summed E-state index contributed by atoms with van der Waals surface area (Å²) in [6.45, 7) is 0.309. The Bertz CT molecular complexity index is 980. The number of nitrogens with one attached hydrogen (secondary N) is 1. The Morgan fingerprint density at radius 2 is 1.96 bits per heavy atom. The van der Waals surface area contributed by atoms with E-state index in [4.69, 9.17) is 0 Å². The Hall–Kier alpha value is -3.89. The van der Waals surface area contributed by atoms with Gasteiger partial charge in [0.25, 0.3) is 17.2 Å². The molecule has 2 aromatic heterocycles. The maximum absolute atomic E-state index is 12.0. The van der Waals surface area contributed by atoms with E-state index < -0.39 is 10.8 Å². The van der Waals surface area contributed by atoms with Crippen molar-refractivity contribution < 1.29 is 9.72 Å². The van der Waals surface area contributed by atoms with E-state index in [-0.39, 0.29) is 29.9 Å². The molecular formula is C15H13N7O4. The van der Waals surface area contributed by atoms with Crippen molar-refractivity contribution in [2.45, 2.75) is 6.54 Å². The average molecular weight is 355 g/mol. The van der Waals surface area contributed by atoms with Crippen LogP contribution >= 0.6 is 0 Å². The molecule has 0 atom stereocenters. The summed E-state index contributed by atoms with van der Waals surface area (Å²) >= 11 is 0. The fraction of sp³-hybridized carbons (Fsp3) is 0.133. The molecule has 26 heavy (non-hydrogen) atoms. The summed E-state index contributed by atoms with van der Waals surface area (Å²) in [5, 5.41) is 21.3. The molecule has 0 saturated carbocycles. The first-order valence-corrected chi connectivity index (χ1v) is 7.50. The first-order chi connectivity index (χ1) is 12.5. The monoisotopic (exact) mass is 355 g/mol. The predicted octanol–water partition coefficient (Wildman–Crippen LogP) is 0.162. The van der Waals surface area contributed by atoms with Crippen LogP contribution in [0.3, 0.4) is 0 Å². The third-order valence-electron chi connectivity index (χ3n) is 3.46. The second kappa shape index (κ2) is 7.34. The van der Waals surface area contributed by atoms with Gasteiger partial charge in [0.2, 0.25) is 0 Å². The molecular weight excluding hydrogens is 342 g/mol. The third kappa shape index (κ3) is 3.77. The summed E-state index contributed by atoms with van der Waals surface area (Å²) in [7, 11) is 0. The highest BCUT2D eigenvalue weighted by Gasteiger charge is 2.09. The van der Waals surface area contributed by atoms with Crippen molar-refractivity contribution in [1.82, 2.24) is 29.9 Å². The average Bonchev–Trinajstić information content (AvgIpc) is 3.18. The van der Waals surface area contributed by atoms with Crippen molar-refractivity contribution in [2.24, 2.45) is 0 Å². The Labute approximate surface area is 146 Å². The lowest BCUT2D eigenvalue weighted by Gasteiger charge is -2.08. The number of nitro groups is 1.